The molecule has 1 rings (SSSR count). The number of anilines is 1. The van der Waals surface area contributed by atoms with Crippen molar-refractivity contribution in [2.75, 3.05) is 30.5 Å². The first kappa shape index (κ1) is 17.0. The molecule has 0 atom stereocenters. The summed E-state index contributed by atoms with van der Waals surface area (Å²) >= 11 is 0. The van der Waals surface area contributed by atoms with Gasteiger partial charge in [-0.3, -0.25) is 0 Å². The lowest BCUT2D eigenvalue weighted by Gasteiger charge is -2.20. The third-order valence-corrected chi connectivity index (χ3v) is 4.19. The molecule has 0 aromatic heterocycles. The molecule has 0 saturated heterocycles. The SMILES string of the molecule is Cc1cc(N(C)CCS(C)(=O)=O)ccc1CNC(C)C. The van der Waals surface area contributed by atoms with Crippen LogP contribution in [0.1, 0.15) is 25.0 Å². The van der Waals surface area contributed by atoms with Crippen molar-refractivity contribution in [1.82, 2.24) is 5.32 Å². The zero-order valence-corrected chi connectivity index (χ0v) is 13.9. The third-order valence-electron chi connectivity index (χ3n) is 3.27. The molecule has 0 bridgehead atoms. The van der Waals surface area contributed by atoms with E-state index in [0.29, 0.717) is 12.6 Å². The maximum absolute atomic E-state index is 11.2. The number of nitrogens with zero attached hydrogens (tertiary/aromatic N) is 1. The van der Waals surface area contributed by atoms with Gasteiger partial charge in [-0.25, -0.2) is 8.42 Å². The van der Waals surface area contributed by atoms with Crippen molar-refractivity contribution in [1.29, 1.82) is 0 Å². The van der Waals surface area contributed by atoms with Crippen LogP contribution in [0.4, 0.5) is 5.69 Å². The second-order valence-corrected chi connectivity index (χ2v) is 7.96. The van der Waals surface area contributed by atoms with E-state index in [4.69, 9.17) is 0 Å². The first-order chi connectivity index (χ1) is 9.19. The normalized spacial score (nSPS) is 11.9. The number of benzene rings is 1. The molecule has 0 saturated carbocycles. The van der Waals surface area contributed by atoms with Crippen molar-refractivity contribution < 1.29 is 8.42 Å². The summed E-state index contributed by atoms with van der Waals surface area (Å²) in [7, 11) is -0.993. The number of hydrogen-bond donors (Lipinski definition) is 1. The van der Waals surface area contributed by atoms with Crippen LogP contribution in [-0.2, 0) is 16.4 Å². The molecule has 5 heteroatoms. The zero-order chi connectivity index (χ0) is 15.3. The summed E-state index contributed by atoms with van der Waals surface area (Å²) in [5.41, 5.74) is 3.56. The topological polar surface area (TPSA) is 49.4 Å². The highest BCUT2D eigenvalue weighted by Gasteiger charge is 2.08. The Morgan fingerprint density at radius 1 is 1.30 bits per heavy atom. The minimum absolute atomic E-state index is 0.180. The van der Waals surface area contributed by atoms with Gasteiger partial charge in [0.15, 0.2) is 0 Å². The van der Waals surface area contributed by atoms with E-state index in [0.717, 1.165) is 12.2 Å². The highest BCUT2D eigenvalue weighted by Crippen LogP contribution is 2.18. The van der Waals surface area contributed by atoms with Crippen LogP contribution < -0.4 is 10.2 Å². The van der Waals surface area contributed by atoms with Crippen molar-refractivity contribution in [3.63, 3.8) is 0 Å². The Labute approximate surface area is 123 Å². The van der Waals surface area contributed by atoms with Gasteiger partial charge in [0, 0.05) is 38.1 Å². The van der Waals surface area contributed by atoms with Crippen molar-refractivity contribution in [3.8, 4) is 0 Å². The van der Waals surface area contributed by atoms with Crippen LogP contribution in [-0.4, -0.2) is 40.1 Å². The minimum atomic E-state index is -2.92. The van der Waals surface area contributed by atoms with Gasteiger partial charge in [-0.05, 0) is 30.2 Å². The Balaban J connectivity index is 2.71. The van der Waals surface area contributed by atoms with Crippen LogP contribution in [0.3, 0.4) is 0 Å². The van der Waals surface area contributed by atoms with Crippen molar-refractivity contribution in [2.45, 2.75) is 33.4 Å². The fraction of sp³-hybridized carbons (Fsp3) is 0.600. The van der Waals surface area contributed by atoms with Crippen LogP contribution >= 0.6 is 0 Å². The first-order valence-electron chi connectivity index (χ1n) is 6.91. The van der Waals surface area contributed by atoms with E-state index in [1.54, 1.807) is 0 Å². The van der Waals surface area contributed by atoms with E-state index in [1.165, 1.54) is 17.4 Å². The molecule has 4 nitrogen and oxygen atoms in total. The lowest BCUT2D eigenvalue weighted by molar-refractivity contribution is 0.587. The predicted molar refractivity (Wildman–Crippen MR) is 86.1 cm³/mol. The Morgan fingerprint density at radius 2 is 1.95 bits per heavy atom. The molecule has 20 heavy (non-hydrogen) atoms. The molecule has 1 aromatic carbocycles. The minimum Gasteiger partial charge on any atom is -0.374 e. The van der Waals surface area contributed by atoms with Gasteiger partial charge in [0.1, 0.15) is 9.84 Å². The Kier molecular flexibility index (Phi) is 6.02. The lowest BCUT2D eigenvalue weighted by Crippen LogP contribution is -2.25. The van der Waals surface area contributed by atoms with Gasteiger partial charge >= 0.3 is 0 Å². The smallest absolute Gasteiger partial charge is 0.149 e. The molecular formula is C15H26N2O2S. The highest BCUT2D eigenvalue weighted by molar-refractivity contribution is 7.90. The van der Waals surface area contributed by atoms with Crippen molar-refractivity contribution >= 4 is 15.5 Å². The van der Waals surface area contributed by atoms with Crippen molar-refractivity contribution in [3.05, 3.63) is 29.3 Å². The lowest BCUT2D eigenvalue weighted by atomic mass is 10.1. The Bertz CT molecular complexity index is 539. The monoisotopic (exact) mass is 298 g/mol. The first-order valence-corrected chi connectivity index (χ1v) is 8.97. The molecule has 0 amide bonds. The summed E-state index contributed by atoms with van der Waals surface area (Å²) in [6, 6.07) is 6.73. The molecule has 0 radical (unpaired) electrons. The van der Waals surface area contributed by atoms with E-state index in [9.17, 15) is 8.42 Å². The molecule has 0 aliphatic rings. The van der Waals surface area contributed by atoms with Gasteiger partial charge in [0.05, 0.1) is 5.75 Å². The number of hydrogen-bond acceptors (Lipinski definition) is 4. The van der Waals surface area contributed by atoms with Gasteiger partial charge in [-0.2, -0.15) is 0 Å². The predicted octanol–water partition coefficient (Wildman–Crippen LogP) is 1.97. The second kappa shape index (κ2) is 7.09. The summed E-state index contributed by atoms with van der Waals surface area (Å²) in [5, 5.41) is 3.40. The number of sulfone groups is 1. The summed E-state index contributed by atoms with van der Waals surface area (Å²) in [4.78, 5) is 1.98. The summed E-state index contributed by atoms with van der Waals surface area (Å²) in [5.74, 6) is 0.180. The Morgan fingerprint density at radius 3 is 2.45 bits per heavy atom. The van der Waals surface area contributed by atoms with E-state index in [1.807, 2.05) is 18.0 Å². The van der Waals surface area contributed by atoms with E-state index < -0.39 is 9.84 Å². The maximum atomic E-state index is 11.2. The zero-order valence-electron chi connectivity index (χ0n) is 13.1. The average molecular weight is 298 g/mol. The van der Waals surface area contributed by atoms with Gasteiger partial charge in [0.25, 0.3) is 0 Å². The van der Waals surface area contributed by atoms with Crippen LogP contribution in [0.15, 0.2) is 18.2 Å². The Hall–Kier alpha value is -1.07. The van der Waals surface area contributed by atoms with Crippen LogP contribution in [0.5, 0.6) is 0 Å². The molecule has 0 heterocycles. The molecule has 1 N–H and O–H groups in total. The number of aryl methyl sites for hydroxylation is 1. The summed E-state index contributed by atoms with van der Waals surface area (Å²) in [6.45, 7) is 7.72. The fourth-order valence-corrected chi connectivity index (χ4v) is 2.47. The van der Waals surface area contributed by atoms with Gasteiger partial charge in [0.2, 0.25) is 0 Å². The quantitative estimate of drug-likeness (QED) is 0.836. The number of rotatable bonds is 7. The molecule has 0 fully saturated rings. The third kappa shape index (κ3) is 5.92. The molecule has 0 aliphatic heterocycles. The van der Waals surface area contributed by atoms with E-state index >= 15 is 0 Å². The van der Waals surface area contributed by atoms with Crippen LogP contribution in [0, 0.1) is 6.92 Å². The van der Waals surface area contributed by atoms with E-state index in [2.05, 4.69) is 38.2 Å². The second-order valence-electron chi connectivity index (χ2n) is 5.70. The maximum Gasteiger partial charge on any atom is 0.149 e. The van der Waals surface area contributed by atoms with Crippen LogP contribution in [0.25, 0.3) is 0 Å². The molecule has 0 aliphatic carbocycles. The number of nitrogens with one attached hydrogen (secondary N) is 1. The summed E-state index contributed by atoms with van der Waals surface area (Å²) < 4.78 is 22.4. The van der Waals surface area contributed by atoms with Gasteiger partial charge in [-0.15, -0.1) is 0 Å². The standard InChI is InChI=1S/C15H26N2O2S/c1-12(2)16-11-14-6-7-15(10-13(14)3)17(4)8-9-20(5,18)19/h6-7,10,12,16H,8-9,11H2,1-5H3. The average Bonchev–Trinajstić information content (AvgIpc) is 2.33. The van der Waals surface area contributed by atoms with Crippen LogP contribution in [0.2, 0.25) is 0 Å². The highest BCUT2D eigenvalue weighted by atomic mass is 32.2. The molecule has 0 spiro atoms. The van der Waals surface area contributed by atoms with Crippen molar-refractivity contribution in [2.24, 2.45) is 0 Å². The van der Waals surface area contributed by atoms with Gasteiger partial charge in [-0.1, -0.05) is 19.9 Å². The molecule has 114 valence electrons. The molecular weight excluding hydrogens is 272 g/mol. The van der Waals surface area contributed by atoms with E-state index in [-0.39, 0.29) is 5.75 Å². The largest absolute Gasteiger partial charge is 0.374 e. The fourth-order valence-electron chi connectivity index (χ4n) is 1.86. The van der Waals surface area contributed by atoms with Gasteiger partial charge < -0.3 is 10.2 Å². The summed E-state index contributed by atoms with van der Waals surface area (Å²) in [6.07, 6.45) is 1.27. The molecule has 1 aromatic rings. The molecule has 0 unspecified atom stereocenters.